The number of aliphatic hydroxyl groups excluding tert-OH is 1. The fourth-order valence-corrected chi connectivity index (χ4v) is 13.6. The highest BCUT2D eigenvalue weighted by molar-refractivity contribution is 7.47. The average molecular weight is 1440 g/mol. The average Bonchev–Trinajstić information content (AvgIpc) is 1.29. The number of unbranched alkanes of at least 4 members (excludes halogenated alkanes) is 39. The Morgan fingerprint density at radius 1 is 0.286 bits per heavy atom. The molecule has 3 N–H and O–H groups in total. The van der Waals surface area contributed by atoms with Gasteiger partial charge in [-0.3, -0.25) is 37.3 Å². The molecule has 0 aliphatic heterocycles. The Hall–Kier alpha value is -1.94. The summed E-state index contributed by atoms with van der Waals surface area (Å²) in [5.41, 5.74) is 0. The van der Waals surface area contributed by atoms with Crippen molar-refractivity contribution in [3.8, 4) is 0 Å². The van der Waals surface area contributed by atoms with Crippen LogP contribution >= 0.6 is 15.6 Å². The third-order valence-corrected chi connectivity index (χ3v) is 21.3. The van der Waals surface area contributed by atoms with Crippen molar-refractivity contribution in [2.75, 3.05) is 39.6 Å². The summed E-state index contributed by atoms with van der Waals surface area (Å²) in [7, 11) is -9.92. The predicted octanol–water partition coefficient (Wildman–Crippen LogP) is 23.2. The summed E-state index contributed by atoms with van der Waals surface area (Å²) in [4.78, 5) is 72.9. The maximum atomic E-state index is 13.1. The lowest BCUT2D eigenvalue weighted by Gasteiger charge is -2.21. The Labute approximate surface area is 600 Å². The van der Waals surface area contributed by atoms with Gasteiger partial charge in [0.05, 0.1) is 26.4 Å². The van der Waals surface area contributed by atoms with Crippen molar-refractivity contribution in [3.63, 3.8) is 0 Å². The zero-order valence-corrected chi connectivity index (χ0v) is 66.2. The van der Waals surface area contributed by atoms with Crippen LogP contribution in [0.3, 0.4) is 0 Å². The largest absolute Gasteiger partial charge is 0.472 e. The van der Waals surface area contributed by atoms with E-state index in [-0.39, 0.29) is 25.7 Å². The fourth-order valence-electron chi connectivity index (χ4n) is 12.0. The Balaban J connectivity index is 5.25. The van der Waals surface area contributed by atoms with E-state index in [1.807, 2.05) is 0 Å². The van der Waals surface area contributed by atoms with Gasteiger partial charge in [-0.1, -0.05) is 351 Å². The summed E-state index contributed by atoms with van der Waals surface area (Å²) in [6, 6.07) is 0. The highest BCUT2D eigenvalue weighted by Crippen LogP contribution is 2.45. The number of esters is 4. The first kappa shape index (κ1) is 96.1. The van der Waals surface area contributed by atoms with E-state index < -0.39 is 97.5 Å². The van der Waals surface area contributed by atoms with Gasteiger partial charge < -0.3 is 33.8 Å². The van der Waals surface area contributed by atoms with Gasteiger partial charge in [0.25, 0.3) is 0 Å². The summed E-state index contributed by atoms with van der Waals surface area (Å²) in [5.74, 6) is 1.05. The first-order valence-electron chi connectivity index (χ1n) is 40.8. The second-order valence-corrected chi connectivity index (χ2v) is 32.6. The van der Waals surface area contributed by atoms with Gasteiger partial charge >= 0.3 is 39.5 Å². The lowest BCUT2D eigenvalue weighted by atomic mass is 9.99. The van der Waals surface area contributed by atoms with Crippen LogP contribution in [0, 0.1) is 23.7 Å². The Morgan fingerprint density at radius 2 is 0.490 bits per heavy atom. The van der Waals surface area contributed by atoms with E-state index in [9.17, 15) is 43.2 Å². The molecule has 0 aromatic rings. The second kappa shape index (κ2) is 68.2. The van der Waals surface area contributed by atoms with Crippen molar-refractivity contribution in [1.29, 1.82) is 0 Å². The van der Waals surface area contributed by atoms with Crippen LogP contribution in [-0.4, -0.2) is 96.7 Å². The van der Waals surface area contributed by atoms with E-state index in [0.29, 0.717) is 31.6 Å². The number of ether oxygens (including phenoxy) is 4. The van der Waals surface area contributed by atoms with Crippen LogP contribution in [0.2, 0.25) is 0 Å². The molecule has 6 unspecified atom stereocenters. The number of hydrogen-bond donors (Lipinski definition) is 3. The minimum atomic E-state index is -4.96. The highest BCUT2D eigenvalue weighted by atomic mass is 31.2. The van der Waals surface area contributed by atoms with Gasteiger partial charge in [0, 0.05) is 25.7 Å². The van der Waals surface area contributed by atoms with Gasteiger partial charge in [-0.2, -0.15) is 0 Å². The molecule has 0 spiro atoms. The summed E-state index contributed by atoms with van der Waals surface area (Å²) in [6.45, 7) is 14.3. The molecule has 0 aliphatic rings. The molecular weight excluding hydrogens is 1280 g/mol. The number of phosphoric ester groups is 2. The number of hydrogen-bond acceptors (Lipinski definition) is 15. The van der Waals surface area contributed by atoms with Crippen LogP contribution in [0.1, 0.15) is 402 Å². The van der Waals surface area contributed by atoms with Gasteiger partial charge in [-0.05, 0) is 49.4 Å². The Bertz CT molecular complexity index is 1930. The molecule has 582 valence electrons. The van der Waals surface area contributed by atoms with Crippen LogP contribution in [0.5, 0.6) is 0 Å². The molecule has 0 amide bonds. The monoisotopic (exact) mass is 1440 g/mol. The highest BCUT2D eigenvalue weighted by Gasteiger charge is 2.30. The first-order valence-corrected chi connectivity index (χ1v) is 43.8. The zero-order valence-electron chi connectivity index (χ0n) is 64.4. The van der Waals surface area contributed by atoms with Gasteiger partial charge in [-0.25, -0.2) is 9.13 Å². The number of carbonyl (C=O) groups is 4. The molecular formula is C79H154O17P2. The molecule has 0 bridgehead atoms. The lowest BCUT2D eigenvalue weighted by Crippen LogP contribution is -2.30. The molecule has 0 saturated heterocycles. The molecule has 0 aromatic carbocycles. The van der Waals surface area contributed by atoms with E-state index in [1.165, 1.54) is 199 Å². The van der Waals surface area contributed by atoms with Crippen molar-refractivity contribution in [2.45, 2.75) is 420 Å². The predicted molar refractivity (Wildman–Crippen MR) is 400 cm³/mol. The smallest absolute Gasteiger partial charge is 0.462 e. The van der Waals surface area contributed by atoms with Crippen molar-refractivity contribution < 1.29 is 80.2 Å². The van der Waals surface area contributed by atoms with Crippen molar-refractivity contribution in [2.24, 2.45) is 23.7 Å². The Kier molecular flexibility index (Phi) is 66.8. The molecule has 17 nitrogen and oxygen atoms in total. The molecule has 0 aliphatic carbocycles. The topological polar surface area (TPSA) is 237 Å². The number of rotatable bonds is 76. The van der Waals surface area contributed by atoms with E-state index in [1.54, 1.807) is 0 Å². The van der Waals surface area contributed by atoms with Crippen LogP contribution in [0.15, 0.2) is 0 Å². The molecule has 98 heavy (non-hydrogen) atoms. The van der Waals surface area contributed by atoms with Crippen molar-refractivity contribution in [3.05, 3.63) is 0 Å². The summed E-state index contributed by atoms with van der Waals surface area (Å²) in [5, 5.41) is 10.6. The third-order valence-electron chi connectivity index (χ3n) is 19.4. The summed E-state index contributed by atoms with van der Waals surface area (Å²) in [6.07, 6.45) is 54.0. The first-order chi connectivity index (χ1) is 47.2. The number of carbonyl (C=O) groups excluding carboxylic acids is 4. The van der Waals surface area contributed by atoms with Gasteiger partial charge in [-0.15, -0.1) is 0 Å². The molecule has 0 rings (SSSR count). The van der Waals surface area contributed by atoms with Crippen molar-refractivity contribution in [1.82, 2.24) is 0 Å². The maximum Gasteiger partial charge on any atom is 0.472 e. The Morgan fingerprint density at radius 3 is 0.724 bits per heavy atom. The van der Waals surface area contributed by atoms with Crippen LogP contribution < -0.4 is 0 Å². The fraction of sp³-hybridized carbons (Fsp3) is 0.949. The van der Waals surface area contributed by atoms with Crippen LogP contribution in [0.4, 0.5) is 0 Å². The van der Waals surface area contributed by atoms with E-state index in [0.717, 1.165) is 114 Å². The minimum absolute atomic E-state index is 0.104. The number of phosphoric acid groups is 2. The minimum Gasteiger partial charge on any atom is -0.462 e. The van der Waals surface area contributed by atoms with Crippen LogP contribution in [-0.2, 0) is 65.4 Å². The maximum absolute atomic E-state index is 13.1. The molecule has 0 heterocycles. The van der Waals surface area contributed by atoms with Crippen molar-refractivity contribution >= 4 is 39.5 Å². The number of aliphatic hydroxyl groups is 1. The second-order valence-electron chi connectivity index (χ2n) is 29.7. The summed E-state index contributed by atoms with van der Waals surface area (Å²) < 4.78 is 68.6. The molecule has 8 atom stereocenters. The van der Waals surface area contributed by atoms with E-state index >= 15 is 0 Å². The SMILES string of the molecule is CCC(C)CCCCCCCCCCCCCCCCC(=O)OC[C@H](COP(=O)(O)OCC(O)COP(=O)(O)OC[C@@H](COC(=O)CCCCCCCCCC(C)C)OC(=O)CCCCCCCCCCC(C)CC)OC(=O)CCCCCCCCCCCCCCCCC(C)CC. The summed E-state index contributed by atoms with van der Waals surface area (Å²) >= 11 is 0. The molecule has 0 saturated carbocycles. The molecule has 0 fully saturated rings. The van der Waals surface area contributed by atoms with Gasteiger partial charge in [0.15, 0.2) is 12.2 Å². The normalized spacial score (nSPS) is 14.9. The third kappa shape index (κ3) is 68.5. The molecule has 19 heteroatoms. The lowest BCUT2D eigenvalue weighted by molar-refractivity contribution is -0.161. The quantitative estimate of drug-likeness (QED) is 0.0222. The zero-order chi connectivity index (χ0) is 72.4. The molecule has 0 radical (unpaired) electrons. The standard InChI is InChI=1S/C79H154O17P2/c1-9-70(6)56-48-40-32-24-20-16-12-14-18-22-26-35-43-51-59-76(81)89-65-74(95-78(83)61-53-45-36-27-23-19-15-13-17-21-25-33-41-49-57-71(7)10-2)67-93-97(85,86)91-63-73(80)64-92-98(87,88)94-68-75(66-90-77(82)60-52-44-38-30-31-39-47-55-69(4)5)96-79(84)62-54-46-37-29-28-34-42-50-58-72(8)11-3/h69-75,80H,9-68H2,1-8H3,(H,85,86)(H,87,88)/t70?,71?,72?,73?,74-,75-/m1/s1. The van der Waals surface area contributed by atoms with E-state index in [4.69, 9.17) is 37.0 Å². The van der Waals surface area contributed by atoms with Gasteiger partial charge in [0.2, 0.25) is 0 Å². The van der Waals surface area contributed by atoms with Crippen LogP contribution in [0.25, 0.3) is 0 Å². The van der Waals surface area contributed by atoms with Gasteiger partial charge in [0.1, 0.15) is 19.3 Å². The van der Waals surface area contributed by atoms with E-state index in [2.05, 4.69) is 55.4 Å². The molecule has 0 aromatic heterocycles.